The summed E-state index contributed by atoms with van der Waals surface area (Å²) in [7, 11) is -0.652. The monoisotopic (exact) mass is 958 g/mol. The summed E-state index contributed by atoms with van der Waals surface area (Å²) in [6.45, 7) is 17.2. The molecule has 3 N–H and O–H groups in total. The lowest BCUT2D eigenvalue weighted by Crippen LogP contribution is -2.50. The molecule has 1 fully saturated rings. The second kappa shape index (κ2) is 21.7. The first kappa shape index (κ1) is 51.0. The molecule has 67 heavy (non-hydrogen) atoms. The number of amides is 2. The Morgan fingerprint density at radius 1 is 0.821 bits per heavy atom. The molecule has 19 heteroatoms. The zero-order valence-electron chi connectivity index (χ0n) is 40.2. The molecule has 2 amide bonds. The van der Waals surface area contributed by atoms with Crippen LogP contribution in [0.4, 0.5) is 4.79 Å². The predicted octanol–water partition coefficient (Wildman–Crippen LogP) is 6.42. The van der Waals surface area contributed by atoms with Gasteiger partial charge in [0.2, 0.25) is 5.91 Å². The number of hydrogen-bond donors (Lipinski definition) is 3. The lowest BCUT2D eigenvalue weighted by molar-refractivity contribution is -0.121. The van der Waals surface area contributed by atoms with E-state index in [-0.39, 0.29) is 49.2 Å². The van der Waals surface area contributed by atoms with Gasteiger partial charge in [0.25, 0.3) is 5.56 Å². The van der Waals surface area contributed by atoms with E-state index in [9.17, 15) is 19.5 Å². The molecule has 0 spiro atoms. The Kier molecular flexibility index (Phi) is 16.5. The largest absolute Gasteiger partial charge is 0.497 e. The van der Waals surface area contributed by atoms with Gasteiger partial charge in [-0.3, -0.25) is 18.7 Å². The van der Waals surface area contributed by atoms with Gasteiger partial charge in [0.05, 0.1) is 46.9 Å². The van der Waals surface area contributed by atoms with Gasteiger partial charge in [-0.2, -0.15) is 0 Å². The van der Waals surface area contributed by atoms with E-state index in [1.54, 1.807) is 18.8 Å². The van der Waals surface area contributed by atoms with E-state index < -0.39 is 64.1 Å². The van der Waals surface area contributed by atoms with Crippen LogP contribution in [0.25, 0.3) is 11.2 Å². The maximum absolute atomic E-state index is 13.7. The number of aliphatic hydroxyl groups is 1. The van der Waals surface area contributed by atoms with Crippen LogP contribution < -0.4 is 25.7 Å². The van der Waals surface area contributed by atoms with Gasteiger partial charge in [-0.15, -0.1) is 0 Å². The van der Waals surface area contributed by atoms with Crippen LogP contribution in [-0.2, 0) is 40.3 Å². The van der Waals surface area contributed by atoms with E-state index in [0.29, 0.717) is 18.1 Å². The topological polar surface area (TPSA) is 196 Å². The van der Waals surface area contributed by atoms with Crippen molar-refractivity contribution in [2.45, 2.75) is 101 Å². The summed E-state index contributed by atoms with van der Waals surface area (Å²) in [5, 5.41) is 17.1. The molecule has 4 atom stereocenters. The van der Waals surface area contributed by atoms with Crippen LogP contribution in [0, 0.1) is 0 Å². The summed E-state index contributed by atoms with van der Waals surface area (Å²) >= 11 is 0. The average molecular weight is 959 g/mol. The molecule has 3 aromatic carbocycles. The number of carbonyl (C=O) groups is 2. The highest BCUT2D eigenvalue weighted by atomic mass is 28.4. The normalized spacial score (nSPS) is 17.9. The Morgan fingerprint density at radius 3 is 2.01 bits per heavy atom. The third-order valence-electron chi connectivity index (χ3n) is 12.3. The smallest absolute Gasteiger partial charge is 0.407 e. The number of carbonyl (C=O) groups excluding carboxylic acids is 2. The van der Waals surface area contributed by atoms with Crippen molar-refractivity contribution >= 4 is 39.6 Å². The molecule has 1 saturated heterocycles. The Labute approximate surface area is 394 Å². The maximum Gasteiger partial charge on any atom is 0.407 e. The van der Waals surface area contributed by atoms with Crippen LogP contribution in [0.3, 0.4) is 0 Å². The summed E-state index contributed by atoms with van der Waals surface area (Å²) in [4.78, 5) is 46.9. The number of aromatic nitrogens is 4. The van der Waals surface area contributed by atoms with Crippen molar-refractivity contribution in [3.8, 4) is 11.5 Å². The number of ether oxygens (including phenoxy) is 6. The maximum atomic E-state index is 13.7. The summed E-state index contributed by atoms with van der Waals surface area (Å²) < 4.78 is 45.7. The molecule has 17 nitrogen and oxygen atoms in total. The Balaban J connectivity index is 1.21. The third-order valence-corrected chi connectivity index (χ3v) is 18.5. The van der Waals surface area contributed by atoms with Crippen LogP contribution in [0.15, 0.2) is 96.3 Å². The van der Waals surface area contributed by atoms with Gasteiger partial charge in [-0.05, 0) is 65.1 Å². The molecule has 1 aliphatic rings. The SMILES string of the molecule is COc1ccc(C(OC[C@H]2O[C@@H](n3cnc4c(=O)n(CCOCNC(=O)CNC(=O)OCC[Si](C)(C)C)cnc43)[C@H](O)[C@@H]2O[Si](C)(C)C(C)(C)C)(c2ccccc2)c2ccc(OC)cc2)cc1. The van der Waals surface area contributed by atoms with E-state index in [1.165, 1.54) is 17.2 Å². The number of methoxy groups -OCH3 is 2. The predicted molar refractivity (Wildman–Crippen MR) is 259 cm³/mol. The number of rotatable bonds is 21. The lowest BCUT2D eigenvalue weighted by Gasteiger charge is -2.41. The molecular weight excluding hydrogens is 893 g/mol. The molecule has 362 valence electrons. The summed E-state index contributed by atoms with van der Waals surface area (Å²) in [6, 6.07) is 26.2. The zero-order valence-corrected chi connectivity index (χ0v) is 42.2. The van der Waals surface area contributed by atoms with Crippen molar-refractivity contribution in [2.24, 2.45) is 0 Å². The number of alkyl carbamates (subject to hydrolysis) is 1. The number of fused-ring (bicyclic) bond motifs is 1. The lowest BCUT2D eigenvalue weighted by atomic mass is 9.80. The van der Waals surface area contributed by atoms with Crippen molar-refractivity contribution in [2.75, 3.05) is 47.3 Å². The highest BCUT2D eigenvalue weighted by Crippen LogP contribution is 2.45. The molecule has 0 radical (unpaired) electrons. The minimum atomic E-state index is -2.54. The number of nitrogens with one attached hydrogen (secondary N) is 2. The molecule has 0 saturated carbocycles. The average Bonchev–Trinajstić information content (AvgIpc) is 3.86. The number of benzene rings is 3. The standard InChI is InChI=1S/C48H66N6O11Si2/c1-47(2,3)67(9,10)65-42-38(29-63-48(33-14-12-11-13-15-33,34-16-20-36(59-4)21-17-34)35-18-22-37(60-5)23-19-35)64-45(41(42)56)54-31-50-40-43(54)51-30-53(44(40)57)24-25-61-32-52-39(55)28-49-46(58)62-26-27-66(6,7)8/h11-23,30-31,38,41-42,45,56H,24-29,32H2,1-10H3,(H,49,58)(H,52,55)/t38-,41-,42-,45-/m1/s1. The van der Waals surface area contributed by atoms with Gasteiger partial charge in [-0.25, -0.2) is 14.8 Å². The first-order valence-electron chi connectivity index (χ1n) is 22.4. The third kappa shape index (κ3) is 12.2. The molecule has 0 aliphatic carbocycles. The second-order valence-corrected chi connectivity index (χ2v) is 29.6. The molecule has 5 aromatic rings. The van der Waals surface area contributed by atoms with E-state index in [1.807, 2.05) is 78.9 Å². The van der Waals surface area contributed by atoms with Crippen LogP contribution in [0.1, 0.15) is 43.7 Å². The molecule has 2 aromatic heterocycles. The van der Waals surface area contributed by atoms with Crippen molar-refractivity contribution in [1.82, 2.24) is 29.7 Å². The number of hydrogen-bond acceptors (Lipinski definition) is 13. The summed E-state index contributed by atoms with van der Waals surface area (Å²) in [5.41, 5.74) is 1.20. The van der Waals surface area contributed by atoms with E-state index in [2.05, 4.69) is 74.1 Å². The van der Waals surface area contributed by atoms with Crippen molar-refractivity contribution < 1.29 is 47.5 Å². The van der Waals surface area contributed by atoms with Crippen molar-refractivity contribution in [1.29, 1.82) is 0 Å². The van der Waals surface area contributed by atoms with Crippen molar-refractivity contribution in [3.05, 3.63) is 119 Å². The second-order valence-electron chi connectivity index (χ2n) is 19.2. The molecule has 6 rings (SSSR count). The quantitative estimate of drug-likeness (QED) is 0.0316. The Hall–Kier alpha value is -5.42. The minimum absolute atomic E-state index is 0.0189. The molecule has 0 bridgehead atoms. The number of aliphatic hydroxyl groups excluding tert-OH is 1. The van der Waals surface area contributed by atoms with Gasteiger partial charge >= 0.3 is 6.09 Å². The fourth-order valence-corrected chi connectivity index (χ4v) is 9.44. The first-order valence-corrected chi connectivity index (χ1v) is 29.1. The molecule has 0 unspecified atom stereocenters. The van der Waals surface area contributed by atoms with E-state index >= 15 is 0 Å². The Morgan fingerprint density at radius 2 is 1.43 bits per heavy atom. The van der Waals surface area contributed by atoms with Gasteiger partial charge in [0.15, 0.2) is 25.7 Å². The number of imidazole rings is 1. The van der Waals surface area contributed by atoms with Crippen LogP contribution in [-0.4, -0.2) is 118 Å². The van der Waals surface area contributed by atoms with Crippen molar-refractivity contribution in [3.63, 3.8) is 0 Å². The van der Waals surface area contributed by atoms with Gasteiger partial charge in [-0.1, -0.05) is 95.0 Å². The highest BCUT2D eigenvalue weighted by molar-refractivity contribution is 6.76. The fourth-order valence-electron chi connectivity index (χ4n) is 7.40. The van der Waals surface area contributed by atoms with Crippen LogP contribution >= 0.6 is 0 Å². The zero-order chi connectivity index (χ0) is 48.6. The number of nitrogens with zero attached hydrogens (tertiary/aromatic N) is 4. The van der Waals surface area contributed by atoms with Gasteiger partial charge in [0, 0.05) is 8.07 Å². The van der Waals surface area contributed by atoms with Crippen LogP contribution in [0.2, 0.25) is 43.8 Å². The Bertz CT molecular complexity index is 2420. The highest BCUT2D eigenvalue weighted by Gasteiger charge is 2.52. The van der Waals surface area contributed by atoms with E-state index in [0.717, 1.165) is 22.7 Å². The summed E-state index contributed by atoms with van der Waals surface area (Å²) in [5.74, 6) is 0.920. The fraction of sp³-hybridized carbons (Fsp3) is 0.479. The van der Waals surface area contributed by atoms with E-state index in [4.69, 9.17) is 32.8 Å². The molecular formula is C48H66N6O11Si2. The molecule has 3 heterocycles. The van der Waals surface area contributed by atoms with Gasteiger partial charge in [0.1, 0.15) is 55.0 Å². The van der Waals surface area contributed by atoms with Crippen LogP contribution in [0.5, 0.6) is 11.5 Å². The van der Waals surface area contributed by atoms with Gasteiger partial charge < -0.3 is 48.6 Å². The molecule has 1 aliphatic heterocycles. The summed E-state index contributed by atoms with van der Waals surface area (Å²) in [6.07, 6.45) is -1.73. The minimum Gasteiger partial charge on any atom is -0.497 e. The first-order chi connectivity index (χ1) is 31.8.